The van der Waals surface area contributed by atoms with Crippen LogP contribution in [0, 0.1) is 0 Å². The van der Waals surface area contributed by atoms with Crippen LogP contribution in [0.15, 0.2) is 40.8 Å². The summed E-state index contributed by atoms with van der Waals surface area (Å²) in [5.41, 5.74) is 1.14. The van der Waals surface area contributed by atoms with E-state index in [1.165, 1.54) is 4.88 Å². The molecule has 0 atom stereocenters. The number of ether oxygens (including phenoxy) is 1. The molecule has 148 valence electrons. The summed E-state index contributed by atoms with van der Waals surface area (Å²) in [6.07, 6.45) is 2.86. The maximum Gasteiger partial charge on any atom is 0.191 e. The second kappa shape index (κ2) is 12.1. The third-order valence-corrected chi connectivity index (χ3v) is 5.11. The first-order valence-corrected chi connectivity index (χ1v) is 10.1. The van der Waals surface area contributed by atoms with Crippen molar-refractivity contribution in [2.24, 2.45) is 4.99 Å². The van der Waals surface area contributed by atoms with Crippen molar-refractivity contribution in [1.29, 1.82) is 0 Å². The molecule has 3 heterocycles. The molecule has 2 aromatic heterocycles. The first kappa shape index (κ1) is 21.9. The number of nitrogens with zero attached hydrogens (tertiary/aromatic N) is 3. The van der Waals surface area contributed by atoms with E-state index >= 15 is 0 Å². The number of hydrogen-bond acceptors (Lipinski definition) is 5. The summed E-state index contributed by atoms with van der Waals surface area (Å²) in [4.78, 5) is 13.0. The predicted octanol–water partition coefficient (Wildman–Crippen LogP) is 2.90. The molecular weight excluding hydrogens is 473 g/mol. The van der Waals surface area contributed by atoms with Crippen LogP contribution in [0.1, 0.15) is 17.4 Å². The topological polar surface area (TPSA) is 61.8 Å². The van der Waals surface area contributed by atoms with Crippen molar-refractivity contribution >= 4 is 47.1 Å². The largest absolute Gasteiger partial charge is 0.378 e. The normalized spacial score (nSPS) is 14.6. The number of guanidine groups is 1. The van der Waals surface area contributed by atoms with Crippen molar-refractivity contribution < 1.29 is 4.74 Å². The van der Waals surface area contributed by atoms with Crippen molar-refractivity contribution in [2.75, 3.05) is 44.3 Å². The van der Waals surface area contributed by atoms with Crippen LogP contribution in [0.3, 0.4) is 0 Å². The Morgan fingerprint density at radius 3 is 2.85 bits per heavy atom. The van der Waals surface area contributed by atoms with Gasteiger partial charge in [-0.1, -0.05) is 12.1 Å². The zero-order chi connectivity index (χ0) is 18.0. The maximum atomic E-state index is 5.45. The summed E-state index contributed by atoms with van der Waals surface area (Å²) in [6.45, 7) is 7.68. The predicted molar refractivity (Wildman–Crippen MR) is 124 cm³/mol. The fourth-order valence-electron chi connectivity index (χ4n) is 2.88. The fraction of sp³-hybridized carbons (Fsp3) is 0.474. The van der Waals surface area contributed by atoms with E-state index in [4.69, 9.17) is 9.73 Å². The van der Waals surface area contributed by atoms with E-state index in [1.807, 2.05) is 12.3 Å². The second-order valence-electron chi connectivity index (χ2n) is 6.04. The van der Waals surface area contributed by atoms with E-state index in [2.05, 4.69) is 51.0 Å². The van der Waals surface area contributed by atoms with Gasteiger partial charge in [-0.2, -0.15) is 0 Å². The van der Waals surface area contributed by atoms with E-state index in [0.29, 0.717) is 6.54 Å². The molecule has 2 aromatic rings. The molecule has 8 heteroatoms. The Morgan fingerprint density at radius 2 is 2.11 bits per heavy atom. The Morgan fingerprint density at radius 1 is 1.26 bits per heavy atom. The molecule has 0 bridgehead atoms. The Hall–Kier alpha value is -1.39. The second-order valence-corrected chi connectivity index (χ2v) is 7.07. The molecule has 3 rings (SSSR count). The van der Waals surface area contributed by atoms with E-state index in [9.17, 15) is 0 Å². The summed E-state index contributed by atoms with van der Waals surface area (Å²) in [5.74, 6) is 1.87. The van der Waals surface area contributed by atoms with Gasteiger partial charge in [-0.15, -0.1) is 35.3 Å². The number of aliphatic imine (C=N–C) groups is 1. The van der Waals surface area contributed by atoms with Gasteiger partial charge in [-0.25, -0.2) is 9.98 Å². The first-order valence-electron chi connectivity index (χ1n) is 9.18. The van der Waals surface area contributed by atoms with Gasteiger partial charge in [0.1, 0.15) is 5.82 Å². The van der Waals surface area contributed by atoms with Gasteiger partial charge in [0, 0.05) is 42.8 Å². The Kier molecular flexibility index (Phi) is 9.85. The lowest BCUT2D eigenvalue weighted by Crippen LogP contribution is -2.38. The van der Waals surface area contributed by atoms with Crippen LogP contribution >= 0.6 is 35.3 Å². The van der Waals surface area contributed by atoms with E-state index in [1.54, 1.807) is 11.3 Å². The van der Waals surface area contributed by atoms with Gasteiger partial charge in [0.2, 0.25) is 0 Å². The Labute approximate surface area is 182 Å². The van der Waals surface area contributed by atoms with E-state index in [-0.39, 0.29) is 24.0 Å². The smallest absolute Gasteiger partial charge is 0.191 e. The zero-order valence-corrected chi connectivity index (χ0v) is 18.8. The van der Waals surface area contributed by atoms with E-state index < -0.39 is 0 Å². The van der Waals surface area contributed by atoms with Gasteiger partial charge >= 0.3 is 0 Å². The third-order valence-electron chi connectivity index (χ3n) is 4.17. The number of morpholine rings is 1. The van der Waals surface area contributed by atoms with Crippen molar-refractivity contribution in [3.63, 3.8) is 0 Å². The van der Waals surface area contributed by atoms with Crippen LogP contribution in [-0.4, -0.2) is 50.3 Å². The number of aromatic nitrogens is 1. The minimum atomic E-state index is 0. The summed E-state index contributed by atoms with van der Waals surface area (Å²) >= 11 is 1.79. The molecule has 1 aliphatic heterocycles. The summed E-state index contributed by atoms with van der Waals surface area (Å²) in [7, 11) is 0. The molecule has 1 aliphatic rings. The van der Waals surface area contributed by atoms with Crippen molar-refractivity contribution in [2.45, 2.75) is 19.9 Å². The van der Waals surface area contributed by atoms with Crippen LogP contribution in [-0.2, 0) is 17.7 Å². The molecule has 27 heavy (non-hydrogen) atoms. The molecule has 0 unspecified atom stereocenters. The highest BCUT2D eigenvalue weighted by molar-refractivity contribution is 14.0. The van der Waals surface area contributed by atoms with E-state index in [0.717, 1.165) is 63.2 Å². The standard InChI is InChI=1S/C19H27N5OS.HI/c1-2-20-19(22-9-7-17-6-4-14-26-17)23-15-16-5-3-8-21-18(16)24-10-12-25-13-11-24;/h3-6,8,14H,2,7,9-13,15H2,1H3,(H2,20,22,23);1H. The first-order chi connectivity index (χ1) is 12.9. The Balaban J connectivity index is 0.00000261. The van der Waals surface area contributed by atoms with Crippen LogP contribution in [0.25, 0.3) is 0 Å². The summed E-state index contributed by atoms with van der Waals surface area (Å²) < 4.78 is 5.45. The molecule has 1 fully saturated rings. The number of pyridine rings is 1. The lowest BCUT2D eigenvalue weighted by Gasteiger charge is -2.29. The molecule has 0 amide bonds. The lowest BCUT2D eigenvalue weighted by atomic mass is 10.2. The van der Waals surface area contributed by atoms with Gasteiger partial charge in [-0.05, 0) is 30.9 Å². The van der Waals surface area contributed by atoms with Crippen LogP contribution in [0.5, 0.6) is 0 Å². The zero-order valence-electron chi connectivity index (χ0n) is 15.7. The number of anilines is 1. The molecule has 0 saturated carbocycles. The highest BCUT2D eigenvalue weighted by atomic mass is 127. The monoisotopic (exact) mass is 501 g/mol. The van der Waals surface area contributed by atoms with Gasteiger partial charge in [0.15, 0.2) is 5.96 Å². The fourth-order valence-corrected chi connectivity index (χ4v) is 3.59. The number of nitrogens with one attached hydrogen (secondary N) is 2. The lowest BCUT2D eigenvalue weighted by molar-refractivity contribution is 0.122. The molecule has 0 radical (unpaired) electrons. The van der Waals surface area contributed by atoms with Crippen molar-refractivity contribution in [3.8, 4) is 0 Å². The van der Waals surface area contributed by atoms with Crippen LogP contribution in [0.4, 0.5) is 5.82 Å². The highest BCUT2D eigenvalue weighted by Gasteiger charge is 2.15. The highest BCUT2D eigenvalue weighted by Crippen LogP contribution is 2.19. The average Bonchev–Trinajstić information content (AvgIpc) is 3.20. The van der Waals surface area contributed by atoms with Gasteiger partial charge in [0.25, 0.3) is 0 Å². The van der Waals surface area contributed by atoms with Crippen molar-refractivity contribution in [1.82, 2.24) is 15.6 Å². The van der Waals surface area contributed by atoms with Crippen LogP contribution in [0.2, 0.25) is 0 Å². The molecular formula is C19H28IN5OS. The number of thiophene rings is 1. The molecule has 0 spiro atoms. The quantitative estimate of drug-likeness (QED) is 0.347. The third kappa shape index (κ3) is 6.93. The van der Waals surface area contributed by atoms with Crippen LogP contribution < -0.4 is 15.5 Å². The molecule has 6 nitrogen and oxygen atoms in total. The van der Waals surface area contributed by atoms with Gasteiger partial charge < -0.3 is 20.3 Å². The summed E-state index contributed by atoms with van der Waals surface area (Å²) in [6, 6.07) is 8.35. The Bertz CT molecular complexity index is 689. The molecule has 2 N–H and O–H groups in total. The molecule has 1 saturated heterocycles. The minimum absolute atomic E-state index is 0. The SMILES string of the molecule is CCNC(=NCc1cccnc1N1CCOCC1)NCCc1cccs1.I. The molecule has 0 aliphatic carbocycles. The van der Waals surface area contributed by atoms with Gasteiger partial charge in [-0.3, -0.25) is 0 Å². The molecule has 0 aromatic carbocycles. The minimum Gasteiger partial charge on any atom is -0.378 e. The number of rotatable bonds is 7. The average molecular weight is 501 g/mol. The maximum absolute atomic E-state index is 5.45. The number of halogens is 1. The number of hydrogen-bond donors (Lipinski definition) is 2. The van der Waals surface area contributed by atoms with Crippen molar-refractivity contribution in [3.05, 3.63) is 46.3 Å². The summed E-state index contributed by atoms with van der Waals surface area (Å²) in [5, 5.41) is 8.86. The van der Waals surface area contributed by atoms with Gasteiger partial charge in [0.05, 0.1) is 19.8 Å².